The maximum absolute atomic E-state index is 13.7. The number of aromatic nitrogens is 4. The van der Waals surface area contributed by atoms with E-state index in [1.165, 1.54) is 14.2 Å². The van der Waals surface area contributed by atoms with Crippen molar-refractivity contribution in [2.75, 3.05) is 33.9 Å². The van der Waals surface area contributed by atoms with Crippen molar-refractivity contribution in [2.24, 2.45) is 17.8 Å². The average molecular weight is 793 g/mol. The maximum atomic E-state index is 13.7. The lowest BCUT2D eigenvalue weighted by Crippen LogP contribution is -2.51. The van der Waals surface area contributed by atoms with Crippen LogP contribution in [0.4, 0.5) is 9.59 Å². The number of rotatable bonds is 12. The highest BCUT2D eigenvalue weighted by atomic mass is 16.5. The van der Waals surface area contributed by atoms with E-state index < -0.39 is 18.2 Å². The molecule has 15 nitrogen and oxygen atoms in total. The van der Waals surface area contributed by atoms with E-state index in [0.717, 1.165) is 76.3 Å². The van der Waals surface area contributed by atoms with Crippen LogP contribution in [-0.2, 0) is 19.1 Å². The number of carbonyl (C=O) groups is 4. The van der Waals surface area contributed by atoms with Crippen LogP contribution in [-0.4, -0.2) is 93.6 Å². The fourth-order valence-corrected chi connectivity index (χ4v) is 8.07. The van der Waals surface area contributed by atoms with Gasteiger partial charge >= 0.3 is 12.2 Å². The normalized spacial score (nSPS) is 17.9. The molecular weight excluding hydrogens is 741 g/mol. The van der Waals surface area contributed by atoms with Crippen LogP contribution in [0.15, 0.2) is 65.3 Å². The van der Waals surface area contributed by atoms with Gasteiger partial charge in [0.2, 0.25) is 11.8 Å². The first-order chi connectivity index (χ1) is 27.9. The number of benzene rings is 2. The van der Waals surface area contributed by atoms with Crippen molar-refractivity contribution < 1.29 is 33.1 Å². The average Bonchev–Trinajstić information content (AvgIpc) is 4.07. The van der Waals surface area contributed by atoms with E-state index in [2.05, 4.69) is 31.7 Å². The maximum Gasteiger partial charge on any atom is 0.407 e. The molecule has 0 radical (unpaired) electrons. The van der Waals surface area contributed by atoms with E-state index in [4.69, 9.17) is 18.9 Å². The lowest BCUT2D eigenvalue weighted by molar-refractivity contribution is -0.138. The Morgan fingerprint density at radius 2 is 1.33 bits per heavy atom. The molecule has 15 heteroatoms. The van der Waals surface area contributed by atoms with Crippen LogP contribution in [0.5, 0.6) is 0 Å². The summed E-state index contributed by atoms with van der Waals surface area (Å²) in [5.74, 6) is 1.57. The summed E-state index contributed by atoms with van der Waals surface area (Å²) >= 11 is 0. The molecule has 2 aliphatic heterocycles. The van der Waals surface area contributed by atoms with Crippen LogP contribution in [0.2, 0.25) is 0 Å². The molecule has 2 saturated heterocycles. The summed E-state index contributed by atoms with van der Waals surface area (Å²) in [4.78, 5) is 71.0. The molecule has 7 rings (SSSR count). The summed E-state index contributed by atoms with van der Waals surface area (Å²) < 4.78 is 15.8. The lowest BCUT2D eigenvalue weighted by atomic mass is 9.94. The van der Waals surface area contributed by atoms with Crippen LogP contribution >= 0.6 is 0 Å². The molecule has 0 spiro atoms. The summed E-state index contributed by atoms with van der Waals surface area (Å²) in [6.07, 6.45) is 5.70. The third-order valence-corrected chi connectivity index (χ3v) is 11.4. The van der Waals surface area contributed by atoms with E-state index in [-0.39, 0.29) is 48.2 Å². The Bertz CT molecular complexity index is 2260. The zero-order valence-electron chi connectivity index (χ0n) is 33.8. The number of likely N-dealkylation sites (tertiary alicyclic amines) is 2. The highest BCUT2D eigenvalue weighted by Crippen LogP contribution is 2.37. The first kappa shape index (κ1) is 40.1. The zero-order valence-corrected chi connectivity index (χ0v) is 33.8. The minimum Gasteiger partial charge on any atom is -0.456 e. The van der Waals surface area contributed by atoms with Crippen molar-refractivity contribution in [3.05, 3.63) is 72.6 Å². The van der Waals surface area contributed by atoms with Gasteiger partial charge in [0.1, 0.15) is 29.0 Å². The topological polar surface area (TPSA) is 188 Å². The zero-order chi connectivity index (χ0) is 41.1. The number of fused-ring (bicyclic) bond motifs is 1. The van der Waals surface area contributed by atoms with Crippen LogP contribution in [0.1, 0.15) is 77.1 Å². The Morgan fingerprint density at radius 3 is 1.91 bits per heavy atom. The number of hydrogen-bond donors (Lipinski definition) is 4. The number of ether oxygens (including phenoxy) is 2. The number of methoxy groups -OCH3 is 2. The van der Waals surface area contributed by atoms with Crippen molar-refractivity contribution in [3.8, 4) is 33.8 Å². The van der Waals surface area contributed by atoms with Gasteiger partial charge in [-0.1, -0.05) is 52.0 Å². The van der Waals surface area contributed by atoms with E-state index in [1.807, 2.05) is 81.3 Å². The summed E-state index contributed by atoms with van der Waals surface area (Å²) in [6, 6.07) is 15.0. The van der Waals surface area contributed by atoms with Gasteiger partial charge in [-0.2, -0.15) is 0 Å². The van der Waals surface area contributed by atoms with Crippen LogP contribution in [0, 0.1) is 17.8 Å². The van der Waals surface area contributed by atoms with Crippen LogP contribution in [0.25, 0.3) is 44.8 Å². The van der Waals surface area contributed by atoms with Gasteiger partial charge in [-0.25, -0.2) is 19.6 Å². The fourth-order valence-electron chi connectivity index (χ4n) is 8.07. The molecule has 2 aliphatic rings. The Hall–Kier alpha value is -6.12. The Labute approximate surface area is 337 Å². The number of alkyl carbamates (subject to hydrolysis) is 2. The molecule has 0 bridgehead atoms. The molecule has 5 heterocycles. The highest BCUT2D eigenvalue weighted by molar-refractivity contribution is 5.88. The number of furan rings is 1. The first-order valence-electron chi connectivity index (χ1n) is 20.0. The summed E-state index contributed by atoms with van der Waals surface area (Å²) in [6.45, 7) is 9.19. The number of imidazole rings is 2. The Morgan fingerprint density at radius 1 is 0.759 bits per heavy atom. The van der Waals surface area contributed by atoms with Gasteiger partial charge < -0.3 is 44.3 Å². The minimum absolute atomic E-state index is 0.00192. The van der Waals surface area contributed by atoms with Crippen LogP contribution < -0.4 is 10.6 Å². The largest absolute Gasteiger partial charge is 0.456 e. The van der Waals surface area contributed by atoms with Gasteiger partial charge in [0.15, 0.2) is 0 Å². The van der Waals surface area contributed by atoms with Gasteiger partial charge in [-0.05, 0) is 67.3 Å². The Kier molecular flexibility index (Phi) is 11.9. The van der Waals surface area contributed by atoms with Gasteiger partial charge in [-0.3, -0.25) is 9.59 Å². The van der Waals surface area contributed by atoms with Crippen molar-refractivity contribution in [1.29, 1.82) is 0 Å². The predicted octanol–water partition coefficient (Wildman–Crippen LogP) is 7.22. The number of carbonyl (C=O) groups excluding carboxylic acids is 4. The van der Waals surface area contributed by atoms with Crippen molar-refractivity contribution in [2.45, 2.75) is 71.5 Å². The number of H-pyrrole nitrogens is 2. The third kappa shape index (κ3) is 8.29. The highest BCUT2D eigenvalue weighted by Gasteiger charge is 2.38. The molecule has 5 aromatic rings. The molecule has 306 valence electrons. The minimum atomic E-state index is -0.696. The third-order valence-electron chi connectivity index (χ3n) is 11.4. The second kappa shape index (κ2) is 17.2. The number of amides is 4. The second-order valence-corrected chi connectivity index (χ2v) is 15.8. The molecule has 3 aromatic heterocycles. The van der Waals surface area contributed by atoms with Gasteiger partial charge in [-0.15, -0.1) is 0 Å². The number of aromatic amines is 2. The standard InChI is InChI=1S/C43H52N8O7/c1-24(2)30(21-46-42(54)56-5)40(52)50-17-7-9-33(50)38-45-23-32(48-38)28-15-16-35-29(19-28)20-36(58-35)27-13-11-26(12-14-27)31-22-44-39(47-31)34-10-8-18-51(34)41(53)37(25(3)4)49-43(55)57-6/h11-16,19-20,22-25,30,33-34,37H,7-10,17-18,21H2,1-6H3,(H,44,47)(H,45,48)(H,46,54)(H,49,55)/t30-,33-,34-,37-/m0/s1. The van der Waals surface area contributed by atoms with Crippen molar-refractivity contribution >= 4 is 35.0 Å². The van der Waals surface area contributed by atoms with Gasteiger partial charge in [0, 0.05) is 36.1 Å². The van der Waals surface area contributed by atoms with E-state index >= 15 is 0 Å². The molecule has 4 atom stereocenters. The number of nitrogens with zero attached hydrogens (tertiary/aromatic N) is 4. The molecule has 0 aliphatic carbocycles. The summed E-state index contributed by atoms with van der Waals surface area (Å²) in [5.41, 5.74) is 5.25. The molecule has 58 heavy (non-hydrogen) atoms. The van der Waals surface area contributed by atoms with E-state index in [1.54, 1.807) is 11.1 Å². The quantitative estimate of drug-likeness (QED) is 0.101. The van der Waals surface area contributed by atoms with Gasteiger partial charge in [0.25, 0.3) is 0 Å². The molecule has 2 aromatic carbocycles. The number of nitrogens with one attached hydrogen (secondary N) is 4. The monoisotopic (exact) mass is 792 g/mol. The second-order valence-electron chi connectivity index (χ2n) is 15.8. The molecule has 4 amide bonds. The van der Waals surface area contributed by atoms with Crippen LogP contribution in [0.3, 0.4) is 0 Å². The summed E-state index contributed by atoms with van der Waals surface area (Å²) in [5, 5.41) is 6.33. The van der Waals surface area contributed by atoms with Crippen molar-refractivity contribution in [1.82, 2.24) is 40.4 Å². The van der Waals surface area contributed by atoms with E-state index in [0.29, 0.717) is 18.9 Å². The van der Waals surface area contributed by atoms with Gasteiger partial charge in [0.05, 0.1) is 56.0 Å². The molecule has 0 unspecified atom stereocenters. The van der Waals surface area contributed by atoms with Crippen molar-refractivity contribution in [3.63, 3.8) is 0 Å². The lowest BCUT2D eigenvalue weighted by Gasteiger charge is -2.30. The fraction of sp³-hybridized carbons (Fsp3) is 0.442. The van der Waals surface area contributed by atoms with E-state index in [9.17, 15) is 19.2 Å². The Balaban J connectivity index is 1.03. The molecule has 4 N–H and O–H groups in total. The smallest absolute Gasteiger partial charge is 0.407 e. The first-order valence-corrected chi connectivity index (χ1v) is 20.0. The molecular formula is C43H52N8O7. The molecule has 0 saturated carbocycles. The number of hydrogen-bond acceptors (Lipinski definition) is 9. The summed E-state index contributed by atoms with van der Waals surface area (Å²) in [7, 11) is 2.60. The predicted molar refractivity (Wildman–Crippen MR) is 217 cm³/mol. The molecule has 2 fully saturated rings. The SMILES string of the molecule is COC(=O)NC[C@H](C(=O)N1CCC[C@H]1c1ncc(-c2ccc3oc(-c4ccc(-c5cnc([C@@H]6CCCN6C(=O)[C@@H](NC(=O)OC)C(C)C)[nH]5)cc4)cc3c2)[nH]1)C(C)C.